The first-order chi connectivity index (χ1) is 16.0. The largest absolute Gasteiger partial charge is 0.492 e. The quantitative estimate of drug-likeness (QED) is 0.397. The van der Waals surface area contributed by atoms with Crippen molar-refractivity contribution in [1.82, 2.24) is 9.79 Å². The van der Waals surface area contributed by atoms with E-state index in [2.05, 4.69) is 16.7 Å². The van der Waals surface area contributed by atoms with E-state index in [1.807, 2.05) is 4.89 Å². The third-order valence-corrected chi connectivity index (χ3v) is 6.23. The molecule has 1 saturated heterocycles. The highest BCUT2D eigenvalue weighted by Gasteiger charge is 2.17. The highest BCUT2D eigenvalue weighted by Crippen LogP contribution is 2.16. The van der Waals surface area contributed by atoms with Crippen LogP contribution in [0.25, 0.3) is 0 Å². The fourth-order valence-corrected chi connectivity index (χ4v) is 4.05. The van der Waals surface area contributed by atoms with Crippen molar-refractivity contribution >= 4 is 16.0 Å². The topological polar surface area (TPSA) is 94.2 Å². The molecule has 0 unspecified atom stereocenters. The van der Waals surface area contributed by atoms with Gasteiger partial charge in [-0.25, -0.2) is 13.2 Å². The Morgan fingerprint density at radius 3 is 2.30 bits per heavy atom. The van der Waals surface area contributed by atoms with Crippen LogP contribution in [0.4, 0.5) is 0 Å². The summed E-state index contributed by atoms with van der Waals surface area (Å²) >= 11 is 0. The minimum atomic E-state index is -4.01. The van der Waals surface area contributed by atoms with Crippen molar-refractivity contribution in [3.05, 3.63) is 54.1 Å². The molecule has 0 radical (unpaired) electrons. The van der Waals surface area contributed by atoms with E-state index in [0.29, 0.717) is 17.9 Å². The molecular weight excluding hydrogens is 444 g/mol. The Balaban J connectivity index is 1.42. The molecule has 0 amide bonds. The molecule has 1 N–H and O–H groups in total. The Labute approximate surface area is 194 Å². The molecule has 33 heavy (non-hydrogen) atoms. The molecule has 0 bridgehead atoms. The molecule has 0 spiro atoms. The average molecular weight is 473 g/mol. The fourth-order valence-electron chi connectivity index (χ4n) is 3.26. The molecule has 1 heterocycles. The highest BCUT2D eigenvalue weighted by molar-refractivity contribution is 7.89. The van der Waals surface area contributed by atoms with Crippen LogP contribution in [0, 0.1) is 11.8 Å². The summed E-state index contributed by atoms with van der Waals surface area (Å²) in [4.78, 5) is 21.0. The molecule has 0 aliphatic carbocycles. The van der Waals surface area contributed by atoms with E-state index in [1.165, 1.54) is 37.1 Å². The zero-order valence-electron chi connectivity index (χ0n) is 18.6. The summed E-state index contributed by atoms with van der Waals surface area (Å²) in [6, 6.07) is 12.8. The number of benzene rings is 2. The minimum absolute atomic E-state index is 0.0559. The molecule has 1 aliphatic heterocycles. The average Bonchev–Trinajstić information content (AvgIpc) is 3.33. The maximum Gasteiger partial charge on any atom is 0.330 e. The number of sulfonamides is 1. The zero-order valence-corrected chi connectivity index (χ0v) is 19.4. The second kappa shape index (κ2) is 12.3. The Morgan fingerprint density at radius 2 is 1.64 bits per heavy atom. The van der Waals surface area contributed by atoms with E-state index in [9.17, 15) is 13.2 Å². The predicted octanol–water partition coefficient (Wildman–Crippen LogP) is 2.54. The van der Waals surface area contributed by atoms with E-state index in [0.717, 1.165) is 25.4 Å². The van der Waals surface area contributed by atoms with Gasteiger partial charge in [0.05, 0.1) is 11.3 Å². The SMILES string of the molecule is CC#CCOc1ccc(S(=O)(=O)NOC(=O)Cc2ccc(OCCN3CCCC3)cc2)cc1. The van der Waals surface area contributed by atoms with Gasteiger partial charge in [-0.2, -0.15) is 0 Å². The van der Waals surface area contributed by atoms with Gasteiger partial charge in [-0.1, -0.05) is 18.1 Å². The summed E-state index contributed by atoms with van der Waals surface area (Å²) in [5.74, 6) is 5.93. The number of rotatable bonds is 11. The molecule has 0 aromatic heterocycles. The Morgan fingerprint density at radius 1 is 1.00 bits per heavy atom. The lowest BCUT2D eigenvalue weighted by Crippen LogP contribution is -2.28. The van der Waals surface area contributed by atoms with Crippen LogP contribution < -0.4 is 14.4 Å². The lowest BCUT2D eigenvalue weighted by molar-refractivity contribution is -0.146. The van der Waals surface area contributed by atoms with Crippen LogP contribution in [0.15, 0.2) is 53.4 Å². The molecule has 2 aromatic carbocycles. The Kier molecular flexibility index (Phi) is 9.13. The normalized spacial score (nSPS) is 13.7. The molecular formula is C24H28N2O6S. The number of nitrogens with zero attached hydrogens (tertiary/aromatic N) is 1. The summed E-state index contributed by atoms with van der Waals surface area (Å²) in [7, 11) is -4.01. The third-order valence-electron chi connectivity index (χ3n) is 5.03. The number of carbonyl (C=O) groups is 1. The van der Waals surface area contributed by atoms with Gasteiger partial charge in [0.2, 0.25) is 0 Å². The molecule has 8 nitrogen and oxygen atoms in total. The van der Waals surface area contributed by atoms with Gasteiger partial charge in [-0.3, -0.25) is 4.90 Å². The minimum Gasteiger partial charge on any atom is -0.492 e. The number of hydrogen-bond donors (Lipinski definition) is 1. The fraction of sp³-hybridized carbons (Fsp3) is 0.375. The van der Waals surface area contributed by atoms with Crippen molar-refractivity contribution in [2.75, 3.05) is 32.8 Å². The van der Waals surface area contributed by atoms with E-state index >= 15 is 0 Å². The number of likely N-dealkylation sites (tertiary alicyclic amines) is 1. The first kappa shape index (κ1) is 24.6. The standard InChI is InChI=1S/C24H28N2O6S/c1-2-3-17-30-22-10-12-23(13-11-22)33(28,29)25-32-24(27)19-20-6-8-21(9-7-20)31-18-16-26-14-4-5-15-26/h6-13,25H,4-5,14-19H2,1H3. The number of hydrogen-bond acceptors (Lipinski definition) is 7. The number of carbonyl (C=O) groups excluding carboxylic acids is 1. The molecule has 2 aromatic rings. The van der Waals surface area contributed by atoms with Crippen molar-refractivity contribution in [1.29, 1.82) is 0 Å². The summed E-state index contributed by atoms with van der Waals surface area (Å²) < 4.78 is 35.7. The summed E-state index contributed by atoms with van der Waals surface area (Å²) in [5.41, 5.74) is 0.683. The van der Waals surface area contributed by atoms with E-state index in [1.54, 1.807) is 31.2 Å². The van der Waals surface area contributed by atoms with Crippen molar-refractivity contribution in [2.45, 2.75) is 31.1 Å². The van der Waals surface area contributed by atoms with Gasteiger partial charge in [0.1, 0.15) is 24.7 Å². The van der Waals surface area contributed by atoms with E-state index < -0.39 is 16.0 Å². The van der Waals surface area contributed by atoms with Gasteiger partial charge in [0.25, 0.3) is 10.0 Å². The first-order valence-electron chi connectivity index (χ1n) is 10.7. The molecule has 176 valence electrons. The maximum absolute atomic E-state index is 12.3. The van der Waals surface area contributed by atoms with E-state index in [-0.39, 0.29) is 17.9 Å². The monoisotopic (exact) mass is 472 g/mol. The maximum atomic E-state index is 12.3. The highest BCUT2D eigenvalue weighted by atomic mass is 32.2. The second-order valence-electron chi connectivity index (χ2n) is 7.47. The molecule has 1 fully saturated rings. The van der Waals surface area contributed by atoms with Crippen molar-refractivity contribution in [3.8, 4) is 23.3 Å². The van der Waals surface area contributed by atoms with Crippen LogP contribution in [-0.4, -0.2) is 52.1 Å². The van der Waals surface area contributed by atoms with Crippen LogP contribution in [0.2, 0.25) is 0 Å². The van der Waals surface area contributed by atoms with Crippen LogP contribution in [0.1, 0.15) is 25.3 Å². The third kappa shape index (κ3) is 8.09. The molecule has 0 saturated carbocycles. The van der Waals surface area contributed by atoms with Crippen LogP contribution >= 0.6 is 0 Å². The van der Waals surface area contributed by atoms with Crippen LogP contribution in [0.3, 0.4) is 0 Å². The van der Waals surface area contributed by atoms with Gasteiger partial charge in [-0.05, 0) is 79.7 Å². The van der Waals surface area contributed by atoms with E-state index in [4.69, 9.17) is 14.3 Å². The smallest absolute Gasteiger partial charge is 0.330 e. The molecule has 9 heteroatoms. The van der Waals surface area contributed by atoms with Crippen molar-refractivity contribution in [3.63, 3.8) is 0 Å². The van der Waals surface area contributed by atoms with Gasteiger partial charge in [0, 0.05) is 6.54 Å². The Hall–Kier alpha value is -3.06. The zero-order chi connectivity index (χ0) is 23.5. The predicted molar refractivity (Wildman–Crippen MR) is 123 cm³/mol. The van der Waals surface area contributed by atoms with Gasteiger partial charge >= 0.3 is 5.97 Å². The first-order valence-corrected chi connectivity index (χ1v) is 12.2. The summed E-state index contributed by atoms with van der Waals surface area (Å²) in [6.07, 6.45) is 2.41. The molecule has 3 rings (SSSR count). The summed E-state index contributed by atoms with van der Waals surface area (Å²) in [6.45, 7) is 5.68. The second-order valence-corrected chi connectivity index (χ2v) is 9.11. The van der Waals surface area contributed by atoms with Gasteiger partial charge < -0.3 is 14.3 Å². The van der Waals surface area contributed by atoms with Gasteiger partial charge in [0.15, 0.2) is 0 Å². The van der Waals surface area contributed by atoms with Crippen LogP contribution in [-0.2, 0) is 26.1 Å². The van der Waals surface area contributed by atoms with Crippen LogP contribution in [0.5, 0.6) is 11.5 Å². The summed E-state index contributed by atoms with van der Waals surface area (Å²) in [5, 5.41) is 0. The van der Waals surface area contributed by atoms with Crippen molar-refractivity contribution < 1.29 is 27.5 Å². The number of ether oxygens (including phenoxy) is 2. The van der Waals surface area contributed by atoms with Crippen molar-refractivity contribution in [2.24, 2.45) is 0 Å². The Bertz CT molecular complexity index is 1070. The van der Waals surface area contributed by atoms with Gasteiger partial charge in [-0.15, -0.1) is 5.92 Å². The lowest BCUT2D eigenvalue weighted by atomic mass is 10.1. The lowest BCUT2D eigenvalue weighted by Gasteiger charge is -2.15. The molecule has 0 atom stereocenters. The number of nitrogens with one attached hydrogen (secondary N) is 1. The molecule has 1 aliphatic rings.